The Morgan fingerprint density at radius 1 is 1.22 bits per heavy atom. The fourth-order valence-electron chi connectivity index (χ4n) is 2.23. The molecule has 1 unspecified atom stereocenters. The number of aliphatic hydroxyl groups is 1. The normalized spacial score (nSPS) is 21.4. The van der Waals surface area contributed by atoms with Crippen LogP contribution in [-0.2, 0) is 0 Å². The number of halogens is 4. The molecule has 3 rings (SSSR count). The van der Waals surface area contributed by atoms with Gasteiger partial charge in [-0.15, -0.1) is 0 Å². The summed E-state index contributed by atoms with van der Waals surface area (Å²) in [5.74, 6) is 0. The minimum Gasteiger partial charge on any atom is -0.362 e. The molecule has 3 heterocycles. The van der Waals surface area contributed by atoms with Crippen LogP contribution in [0, 0.1) is 0 Å². The van der Waals surface area contributed by atoms with Crippen LogP contribution in [0.2, 0.25) is 5.15 Å². The molecular weight excluding hydrogens is 333 g/mol. The van der Waals surface area contributed by atoms with Crippen LogP contribution in [0.15, 0.2) is 48.0 Å². The monoisotopic (exact) mass is 342 g/mol. The summed E-state index contributed by atoms with van der Waals surface area (Å²) in [6.45, 7) is 0. The van der Waals surface area contributed by atoms with E-state index in [4.69, 9.17) is 11.6 Å². The van der Waals surface area contributed by atoms with Crippen molar-refractivity contribution in [3.63, 3.8) is 0 Å². The van der Waals surface area contributed by atoms with Crippen molar-refractivity contribution >= 4 is 23.0 Å². The lowest BCUT2D eigenvalue weighted by Crippen LogP contribution is -2.55. The fraction of sp³-hybridized carbons (Fsp3) is 0.214. The molecule has 0 saturated heterocycles. The molecule has 1 N–H and O–H groups in total. The zero-order valence-electron chi connectivity index (χ0n) is 11.5. The first-order valence-electron chi connectivity index (χ1n) is 6.50. The Hall–Kier alpha value is -2.19. The SMILES string of the molecule is OC1(C(F)(F)F)CC(c2cccnc2)=NN1c1ccc(Cl)nc1. The largest absolute Gasteiger partial charge is 0.438 e. The molecule has 0 radical (unpaired) electrons. The van der Waals surface area contributed by atoms with Crippen LogP contribution in [0.5, 0.6) is 0 Å². The lowest BCUT2D eigenvalue weighted by Gasteiger charge is -2.33. The van der Waals surface area contributed by atoms with Gasteiger partial charge in [0.1, 0.15) is 5.15 Å². The second-order valence-corrected chi connectivity index (χ2v) is 5.32. The van der Waals surface area contributed by atoms with Crippen molar-refractivity contribution in [3.8, 4) is 0 Å². The number of hydrogen-bond acceptors (Lipinski definition) is 5. The zero-order valence-corrected chi connectivity index (χ0v) is 12.3. The van der Waals surface area contributed by atoms with Gasteiger partial charge in [0.25, 0.3) is 5.72 Å². The van der Waals surface area contributed by atoms with Crippen LogP contribution in [0.1, 0.15) is 12.0 Å². The van der Waals surface area contributed by atoms with E-state index in [2.05, 4.69) is 15.1 Å². The average molecular weight is 343 g/mol. The van der Waals surface area contributed by atoms with Gasteiger partial charge < -0.3 is 5.11 Å². The van der Waals surface area contributed by atoms with E-state index in [1.165, 1.54) is 24.5 Å². The average Bonchev–Trinajstić information content (AvgIpc) is 2.88. The maximum Gasteiger partial charge on any atom is 0.438 e. The molecule has 1 aliphatic heterocycles. The Labute approximate surface area is 134 Å². The van der Waals surface area contributed by atoms with E-state index >= 15 is 0 Å². The molecule has 0 spiro atoms. The summed E-state index contributed by atoms with van der Waals surface area (Å²) in [6.07, 6.45) is -1.63. The van der Waals surface area contributed by atoms with Crippen molar-refractivity contribution in [3.05, 3.63) is 53.6 Å². The molecule has 9 heteroatoms. The van der Waals surface area contributed by atoms with Crippen molar-refractivity contribution in [2.24, 2.45) is 5.10 Å². The van der Waals surface area contributed by atoms with Crippen LogP contribution in [0.25, 0.3) is 0 Å². The number of aromatic nitrogens is 2. The highest BCUT2D eigenvalue weighted by Gasteiger charge is 2.62. The van der Waals surface area contributed by atoms with Crippen LogP contribution in [0.4, 0.5) is 18.9 Å². The molecular formula is C14H10ClF3N4O. The summed E-state index contributed by atoms with van der Waals surface area (Å²) >= 11 is 5.65. The van der Waals surface area contributed by atoms with Crippen LogP contribution in [0.3, 0.4) is 0 Å². The number of rotatable bonds is 2. The van der Waals surface area contributed by atoms with Gasteiger partial charge in [-0.05, 0) is 18.2 Å². The quantitative estimate of drug-likeness (QED) is 0.852. The summed E-state index contributed by atoms with van der Waals surface area (Å²) < 4.78 is 40.3. The van der Waals surface area contributed by atoms with Gasteiger partial charge in [0.15, 0.2) is 0 Å². The van der Waals surface area contributed by atoms with Gasteiger partial charge in [0.05, 0.1) is 24.0 Å². The summed E-state index contributed by atoms with van der Waals surface area (Å²) in [7, 11) is 0. The molecule has 5 nitrogen and oxygen atoms in total. The predicted molar refractivity (Wildman–Crippen MR) is 78.1 cm³/mol. The predicted octanol–water partition coefficient (Wildman–Crippen LogP) is 3.00. The van der Waals surface area contributed by atoms with Gasteiger partial charge in [-0.2, -0.15) is 18.3 Å². The summed E-state index contributed by atoms with van der Waals surface area (Å²) in [4.78, 5) is 7.59. The van der Waals surface area contributed by atoms with Gasteiger partial charge in [-0.1, -0.05) is 17.7 Å². The van der Waals surface area contributed by atoms with E-state index in [-0.39, 0.29) is 16.6 Å². The van der Waals surface area contributed by atoms with E-state index in [0.29, 0.717) is 10.6 Å². The Bertz CT molecular complexity index is 736. The number of hydrazone groups is 1. The number of hydrogen-bond donors (Lipinski definition) is 1. The highest BCUT2D eigenvalue weighted by molar-refractivity contribution is 6.29. The minimum absolute atomic E-state index is 0.0203. The number of alkyl halides is 3. The maximum absolute atomic E-state index is 13.4. The van der Waals surface area contributed by atoms with Crippen molar-refractivity contribution < 1.29 is 18.3 Å². The molecule has 0 amide bonds. The fourth-order valence-corrected chi connectivity index (χ4v) is 2.34. The van der Waals surface area contributed by atoms with Crippen molar-refractivity contribution in [1.29, 1.82) is 0 Å². The Balaban J connectivity index is 2.07. The first kappa shape index (κ1) is 15.7. The summed E-state index contributed by atoms with van der Waals surface area (Å²) in [5.41, 5.74) is -2.70. The highest BCUT2D eigenvalue weighted by Crippen LogP contribution is 2.43. The lowest BCUT2D eigenvalue weighted by atomic mass is 10.0. The van der Waals surface area contributed by atoms with E-state index in [0.717, 1.165) is 6.20 Å². The molecule has 0 aromatic carbocycles. The van der Waals surface area contributed by atoms with E-state index in [1.54, 1.807) is 12.1 Å². The van der Waals surface area contributed by atoms with Crippen LogP contribution >= 0.6 is 11.6 Å². The Morgan fingerprint density at radius 2 is 2.00 bits per heavy atom. The molecule has 0 bridgehead atoms. The number of pyridine rings is 2. The highest BCUT2D eigenvalue weighted by atomic mass is 35.5. The van der Waals surface area contributed by atoms with Gasteiger partial charge in [-0.3, -0.25) is 4.98 Å². The van der Waals surface area contributed by atoms with Gasteiger partial charge in [-0.25, -0.2) is 9.99 Å². The molecule has 120 valence electrons. The topological polar surface area (TPSA) is 61.6 Å². The molecule has 2 aromatic rings. The molecule has 2 aromatic heterocycles. The van der Waals surface area contributed by atoms with Gasteiger partial charge in [0.2, 0.25) is 0 Å². The number of anilines is 1. The van der Waals surface area contributed by atoms with Crippen molar-refractivity contribution in [2.75, 3.05) is 5.01 Å². The van der Waals surface area contributed by atoms with E-state index in [9.17, 15) is 18.3 Å². The van der Waals surface area contributed by atoms with Crippen LogP contribution < -0.4 is 5.01 Å². The van der Waals surface area contributed by atoms with Crippen molar-refractivity contribution in [2.45, 2.75) is 18.3 Å². The third-order valence-corrected chi connectivity index (χ3v) is 3.61. The number of nitrogens with zero attached hydrogens (tertiary/aromatic N) is 4. The molecule has 1 aliphatic rings. The molecule has 0 fully saturated rings. The van der Waals surface area contributed by atoms with Gasteiger partial charge >= 0.3 is 6.18 Å². The minimum atomic E-state index is -4.92. The van der Waals surface area contributed by atoms with Crippen molar-refractivity contribution in [1.82, 2.24) is 9.97 Å². The second kappa shape index (κ2) is 5.47. The van der Waals surface area contributed by atoms with Gasteiger partial charge in [0, 0.05) is 18.0 Å². The molecule has 0 saturated carbocycles. The lowest BCUT2D eigenvalue weighted by molar-refractivity contribution is -0.254. The van der Waals surface area contributed by atoms with Crippen LogP contribution in [-0.4, -0.2) is 32.7 Å². The smallest absolute Gasteiger partial charge is 0.362 e. The zero-order chi connectivity index (χ0) is 16.7. The molecule has 1 atom stereocenters. The summed E-state index contributed by atoms with van der Waals surface area (Å²) in [5, 5.41) is 14.8. The standard InChI is InChI=1S/C14H10ClF3N4O/c15-12-4-3-10(8-20-12)22-13(23,14(16,17)18)6-11(21-22)9-2-1-5-19-7-9/h1-5,7-8,23H,6H2. The third-order valence-electron chi connectivity index (χ3n) is 3.39. The molecule has 23 heavy (non-hydrogen) atoms. The maximum atomic E-state index is 13.4. The van der Waals surface area contributed by atoms with E-state index < -0.39 is 18.3 Å². The molecule has 0 aliphatic carbocycles. The first-order valence-corrected chi connectivity index (χ1v) is 6.88. The Morgan fingerprint density at radius 3 is 2.57 bits per heavy atom. The second-order valence-electron chi connectivity index (χ2n) is 4.93. The Kier molecular flexibility index (Phi) is 3.73. The van der Waals surface area contributed by atoms with E-state index in [1.807, 2.05) is 0 Å². The summed E-state index contributed by atoms with van der Waals surface area (Å²) in [6, 6.07) is 5.79. The third kappa shape index (κ3) is 2.75. The first-order chi connectivity index (χ1) is 10.8.